The van der Waals surface area contributed by atoms with Gasteiger partial charge < -0.3 is 0 Å². The molecule has 0 atom stereocenters. The maximum Gasteiger partial charge on any atom is 0.271 e. The molecule has 3 aromatic carbocycles. The van der Waals surface area contributed by atoms with Gasteiger partial charge in [-0.25, -0.2) is 5.43 Å². The Morgan fingerprint density at radius 1 is 0.957 bits per heavy atom. The van der Waals surface area contributed by atoms with Gasteiger partial charge in [-0.05, 0) is 42.0 Å². The molecule has 0 aromatic heterocycles. The molecular weight excluding hydrogens is 308 g/mol. The summed E-state index contributed by atoms with van der Waals surface area (Å²) in [7, 11) is 0. The number of halogens is 1. The van der Waals surface area contributed by atoms with E-state index >= 15 is 0 Å². The van der Waals surface area contributed by atoms with Gasteiger partial charge in [0, 0.05) is 16.1 Å². The lowest BCUT2D eigenvalue weighted by Crippen LogP contribution is -2.19. The summed E-state index contributed by atoms with van der Waals surface area (Å²) in [4.78, 5) is 12.1. The van der Waals surface area contributed by atoms with Crippen molar-refractivity contribution in [2.24, 2.45) is 5.10 Å². The van der Waals surface area contributed by atoms with Crippen LogP contribution in [-0.2, 0) is 0 Å². The number of carbonyl (C=O) groups is 1. The molecule has 0 bridgehead atoms. The van der Waals surface area contributed by atoms with Crippen molar-refractivity contribution in [3.63, 3.8) is 0 Å². The fourth-order valence-corrected chi connectivity index (χ4v) is 2.53. The monoisotopic (exact) mass is 322 g/mol. The van der Waals surface area contributed by atoms with E-state index < -0.39 is 0 Å². The number of nitrogens with zero attached hydrogens (tertiary/aromatic N) is 1. The van der Waals surface area contributed by atoms with E-state index in [1.807, 2.05) is 37.3 Å². The van der Waals surface area contributed by atoms with Crippen LogP contribution in [-0.4, -0.2) is 11.6 Å². The summed E-state index contributed by atoms with van der Waals surface area (Å²) in [5.41, 5.74) is 4.86. The molecule has 0 aliphatic carbocycles. The smallest absolute Gasteiger partial charge is 0.267 e. The Kier molecular flexibility index (Phi) is 4.40. The van der Waals surface area contributed by atoms with Crippen LogP contribution < -0.4 is 5.43 Å². The van der Waals surface area contributed by atoms with E-state index in [0.29, 0.717) is 10.6 Å². The molecule has 0 unspecified atom stereocenters. The fourth-order valence-electron chi connectivity index (χ4n) is 2.40. The zero-order valence-corrected chi connectivity index (χ0v) is 13.3. The maximum absolute atomic E-state index is 12.1. The molecule has 114 valence electrons. The van der Waals surface area contributed by atoms with Crippen LogP contribution in [0.25, 0.3) is 10.8 Å². The molecule has 3 aromatic rings. The first kappa shape index (κ1) is 15.3. The van der Waals surface area contributed by atoms with Crippen LogP contribution in [0.4, 0.5) is 0 Å². The molecule has 1 amide bonds. The van der Waals surface area contributed by atoms with Gasteiger partial charge >= 0.3 is 0 Å². The number of benzene rings is 3. The highest BCUT2D eigenvalue weighted by atomic mass is 35.5. The summed E-state index contributed by atoms with van der Waals surface area (Å²) in [6.07, 6.45) is 0. The molecule has 1 N–H and O–H groups in total. The zero-order chi connectivity index (χ0) is 16.2. The van der Waals surface area contributed by atoms with Gasteiger partial charge in [-0.1, -0.05) is 54.1 Å². The minimum Gasteiger partial charge on any atom is -0.267 e. The van der Waals surface area contributed by atoms with E-state index in [4.69, 9.17) is 11.6 Å². The first-order chi connectivity index (χ1) is 11.1. The number of hydrogen-bond acceptors (Lipinski definition) is 2. The molecule has 0 saturated heterocycles. The predicted octanol–water partition coefficient (Wildman–Crippen LogP) is 4.65. The molecule has 3 nitrogen and oxygen atoms in total. The SMILES string of the molecule is C/C(=N\NC(=O)c1ccc(Cl)cc1)c1cccc2ccccc12. The second-order valence-electron chi connectivity index (χ2n) is 5.17. The Morgan fingerprint density at radius 3 is 2.43 bits per heavy atom. The highest BCUT2D eigenvalue weighted by Gasteiger charge is 2.06. The quantitative estimate of drug-likeness (QED) is 0.553. The van der Waals surface area contributed by atoms with Crippen LogP contribution in [0.1, 0.15) is 22.8 Å². The predicted molar refractivity (Wildman–Crippen MR) is 95.1 cm³/mol. The zero-order valence-electron chi connectivity index (χ0n) is 12.6. The van der Waals surface area contributed by atoms with Gasteiger partial charge in [0.2, 0.25) is 0 Å². The lowest BCUT2D eigenvalue weighted by Gasteiger charge is -2.07. The second-order valence-corrected chi connectivity index (χ2v) is 5.61. The van der Waals surface area contributed by atoms with Crippen LogP contribution in [0.3, 0.4) is 0 Å². The molecule has 0 spiro atoms. The standard InChI is InChI=1S/C19H15ClN2O/c1-13(17-8-4-6-14-5-2-3-7-18(14)17)21-22-19(23)15-9-11-16(20)12-10-15/h2-12H,1H3,(H,22,23)/b21-13+. The average Bonchev–Trinajstić information content (AvgIpc) is 2.59. The number of carbonyl (C=O) groups excluding carboxylic acids is 1. The third-order valence-corrected chi connectivity index (χ3v) is 3.86. The van der Waals surface area contributed by atoms with Gasteiger partial charge in [0.15, 0.2) is 0 Å². The fraction of sp³-hybridized carbons (Fsp3) is 0.0526. The minimum atomic E-state index is -0.263. The normalized spacial score (nSPS) is 11.5. The van der Waals surface area contributed by atoms with E-state index in [-0.39, 0.29) is 5.91 Å². The van der Waals surface area contributed by atoms with E-state index in [0.717, 1.165) is 22.0 Å². The summed E-state index contributed by atoms with van der Waals surface area (Å²) in [6, 6.07) is 20.8. The van der Waals surface area contributed by atoms with Gasteiger partial charge in [0.05, 0.1) is 5.71 Å². The van der Waals surface area contributed by atoms with Crippen molar-refractivity contribution in [3.05, 3.63) is 82.9 Å². The van der Waals surface area contributed by atoms with Gasteiger partial charge in [0.1, 0.15) is 0 Å². The van der Waals surface area contributed by atoms with E-state index in [2.05, 4.69) is 22.7 Å². The van der Waals surface area contributed by atoms with Crippen molar-refractivity contribution in [3.8, 4) is 0 Å². The van der Waals surface area contributed by atoms with E-state index in [9.17, 15) is 4.79 Å². The first-order valence-electron chi connectivity index (χ1n) is 7.23. The highest BCUT2D eigenvalue weighted by Crippen LogP contribution is 2.19. The molecule has 0 fully saturated rings. The molecule has 3 rings (SSSR count). The average molecular weight is 323 g/mol. The number of fused-ring (bicyclic) bond motifs is 1. The van der Waals surface area contributed by atoms with Crippen molar-refractivity contribution in [2.45, 2.75) is 6.92 Å². The number of amides is 1. The third-order valence-electron chi connectivity index (χ3n) is 3.61. The van der Waals surface area contributed by atoms with Crippen LogP contribution >= 0.6 is 11.6 Å². The molecule has 0 aliphatic heterocycles. The molecule has 0 aliphatic rings. The summed E-state index contributed by atoms with van der Waals surface area (Å²) in [5, 5.41) is 7.07. The van der Waals surface area contributed by atoms with Crippen LogP contribution in [0.5, 0.6) is 0 Å². The Balaban J connectivity index is 1.84. The third kappa shape index (κ3) is 3.41. The Hall–Kier alpha value is -2.65. The first-order valence-corrected chi connectivity index (χ1v) is 7.61. The lowest BCUT2D eigenvalue weighted by atomic mass is 10.0. The van der Waals surface area contributed by atoms with Crippen LogP contribution in [0.15, 0.2) is 71.8 Å². The maximum atomic E-state index is 12.1. The Bertz CT molecular complexity index is 880. The second kappa shape index (κ2) is 6.63. The number of rotatable bonds is 3. The van der Waals surface area contributed by atoms with Crippen molar-refractivity contribution < 1.29 is 4.79 Å². The minimum absolute atomic E-state index is 0.263. The summed E-state index contributed by atoms with van der Waals surface area (Å²) in [6.45, 7) is 1.88. The van der Waals surface area contributed by atoms with Crippen molar-refractivity contribution in [1.29, 1.82) is 0 Å². The molecule has 0 saturated carbocycles. The van der Waals surface area contributed by atoms with Crippen molar-refractivity contribution >= 4 is 34.0 Å². The number of hydrogen-bond donors (Lipinski definition) is 1. The van der Waals surface area contributed by atoms with Crippen molar-refractivity contribution in [1.82, 2.24) is 5.43 Å². The molecule has 0 heterocycles. The largest absolute Gasteiger partial charge is 0.271 e. The topological polar surface area (TPSA) is 41.5 Å². The van der Waals surface area contributed by atoms with E-state index in [1.165, 1.54) is 0 Å². The summed E-state index contributed by atoms with van der Waals surface area (Å²) >= 11 is 5.82. The molecule has 0 radical (unpaired) electrons. The Labute approximate surface area is 139 Å². The summed E-state index contributed by atoms with van der Waals surface area (Å²) in [5.74, 6) is -0.263. The van der Waals surface area contributed by atoms with Gasteiger partial charge in [-0.3, -0.25) is 4.79 Å². The number of hydrazone groups is 1. The van der Waals surface area contributed by atoms with Crippen LogP contribution in [0, 0.1) is 0 Å². The lowest BCUT2D eigenvalue weighted by molar-refractivity contribution is 0.0955. The van der Waals surface area contributed by atoms with Crippen LogP contribution in [0.2, 0.25) is 5.02 Å². The molecular formula is C19H15ClN2O. The Morgan fingerprint density at radius 2 is 1.65 bits per heavy atom. The van der Waals surface area contributed by atoms with Gasteiger partial charge in [-0.2, -0.15) is 5.10 Å². The van der Waals surface area contributed by atoms with E-state index in [1.54, 1.807) is 24.3 Å². The molecule has 23 heavy (non-hydrogen) atoms. The van der Waals surface area contributed by atoms with Crippen molar-refractivity contribution in [2.75, 3.05) is 0 Å². The highest BCUT2D eigenvalue weighted by molar-refractivity contribution is 6.30. The van der Waals surface area contributed by atoms with Gasteiger partial charge in [-0.15, -0.1) is 0 Å². The van der Waals surface area contributed by atoms with Gasteiger partial charge in [0.25, 0.3) is 5.91 Å². The summed E-state index contributed by atoms with van der Waals surface area (Å²) < 4.78 is 0. The number of nitrogens with one attached hydrogen (secondary N) is 1. The molecule has 4 heteroatoms.